The van der Waals surface area contributed by atoms with Crippen LogP contribution < -0.4 is 15.4 Å². The van der Waals surface area contributed by atoms with Crippen molar-refractivity contribution in [2.75, 3.05) is 23.7 Å². The molecule has 144 valence electrons. The Morgan fingerprint density at radius 1 is 1.22 bits per heavy atom. The fourth-order valence-corrected chi connectivity index (χ4v) is 3.13. The van der Waals surface area contributed by atoms with Crippen molar-refractivity contribution in [3.05, 3.63) is 35.9 Å². The number of pyridine rings is 1. The van der Waals surface area contributed by atoms with Crippen LogP contribution in [0.4, 0.5) is 11.5 Å². The van der Waals surface area contributed by atoms with Crippen molar-refractivity contribution in [2.45, 2.75) is 46.0 Å². The summed E-state index contributed by atoms with van der Waals surface area (Å²) in [6.07, 6.45) is 3.22. The third-order valence-corrected chi connectivity index (χ3v) is 4.19. The summed E-state index contributed by atoms with van der Waals surface area (Å²) < 4.78 is 11.4. The number of nitrogens with zero attached hydrogens (tertiary/aromatic N) is 4. The first kappa shape index (κ1) is 19.0. The maximum atomic E-state index is 8.58. The maximum absolute atomic E-state index is 8.58. The van der Waals surface area contributed by atoms with E-state index in [9.17, 15) is 0 Å². The van der Waals surface area contributed by atoms with Crippen molar-refractivity contribution < 1.29 is 9.47 Å². The van der Waals surface area contributed by atoms with Gasteiger partial charge in [-0.25, -0.2) is 15.0 Å². The summed E-state index contributed by atoms with van der Waals surface area (Å²) in [6.45, 7) is 9.42. The van der Waals surface area contributed by atoms with Gasteiger partial charge in [0, 0.05) is 30.8 Å². The lowest BCUT2D eigenvalue weighted by Gasteiger charge is -2.36. The zero-order valence-corrected chi connectivity index (χ0v) is 16.1. The molecule has 0 bridgehead atoms. The van der Waals surface area contributed by atoms with Crippen LogP contribution in [0.15, 0.2) is 24.7 Å². The Morgan fingerprint density at radius 3 is 2.59 bits per heavy atom. The fourth-order valence-electron chi connectivity index (χ4n) is 3.13. The molecule has 1 saturated heterocycles. The number of nitrogens with one attached hydrogen (secondary N) is 1. The molecular weight excluding hydrogens is 344 g/mol. The van der Waals surface area contributed by atoms with Crippen LogP contribution in [0.3, 0.4) is 0 Å². The molecule has 2 aromatic rings. The number of aromatic nitrogens is 3. The predicted molar refractivity (Wildman–Crippen MR) is 105 cm³/mol. The number of nitrogen functional groups attached to an aromatic ring is 1. The molecule has 0 saturated carbocycles. The number of nitrogens with two attached hydrogens (primary N) is 1. The normalized spacial score (nSPS) is 20.0. The summed E-state index contributed by atoms with van der Waals surface area (Å²) in [7, 11) is 0. The van der Waals surface area contributed by atoms with Crippen LogP contribution in [0.25, 0.3) is 0 Å². The molecule has 0 aliphatic carbocycles. The molecule has 0 spiro atoms. The van der Waals surface area contributed by atoms with Gasteiger partial charge in [-0.2, -0.15) is 0 Å². The van der Waals surface area contributed by atoms with Crippen LogP contribution in [0, 0.1) is 5.41 Å². The van der Waals surface area contributed by atoms with E-state index < -0.39 is 0 Å². The minimum Gasteiger partial charge on any atom is -0.475 e. The largest absolute Gasteiger partial charge is 0.475 e. The molecule has 8 nitrogen and oxygen atoms in total. The highest BCUT2D eigenvalue weighted by Crippen LogP contribution is 2.23. The van der Waals surface area contributed by atoms with Crippen LogP contribution in [-0.4, -0.2) is 52.1 Å². The van der Waals surface area contributed by atoms with E-state index in [1.807, 2.05) is 33.8 Å². The van der Waals surface area contributed by atoms with Gasteiger partial charge in [-0.3, -0.25) is 5.41 Å². The van der Waals surface area contributed by atoms with Crippen molar-refractivity contribution >= 4 is 17.2 Å². The molecule has 2 atom stereocenters. The number of anilines is 2. The minimum absolute atomic E-state index is 0.0147. The van der Waals surface area contributed by atoms with Gasteiger partial charge in [-0.15, -0.1) is 0 Å². The number of ether oxygens (including phenoxy) is 2. The fraction of sp³-hybridized carbons (Fsp3) is 0.474. The Bertz CT molecular complexity index is 816. The van der Waals surface area contributed by atoms with Gasteiger partial charge in [-0.1, -0.05) is 0 Å². The Morgan fingerprint density at radius 2 is 1.93 bits per heavy atom. The van der Waals surface area contributed by atoms with Gasteiger partial charge in [-0.05, 0) is 27.7 Å². The van der Waals surface area contributed by atoms with Crippen LogP contribution in [-0.2, 0) is 4.74 Å². The summed E-state index contributed by atoms with van der Waals surface area (Å²) >= 11 is 0. The quantitative estimate of drug-likeness (QED) is 0.777. The summed E-state index contributed by atoms with van der Waals surface area (Å²) in [4.78, 5) is 15.0. The molecule has 0 unspecified atom stereocenters. The van der Waals surface area contributed by atoms with Crippen molar-refractivity contribution in [3.8, 4) is 5.88 Å². The Labute approximate surface area is 159 Å². The SMILES string of the molecule is CC(C)Oc1cc(C(=N)c2cc(N3C[C@@H](C)O[C@@H](C)C3)ncn2)c(N)cn1. The number of hydrogen-bond donors (Lipinski definition) is 2. The standard InChI is InChI=1S/C19H26N6O2/c1-11(2)26-18-5-14(15(20)7-22-18)19(21)16-6-17(24-10-23-16)25-8-12(3)27-13(4)9-25/h5-7,10-13,21H,8-9,20H2,1-4H3/t12-,13+. The van der Waals surface area contributed by atoms with E-state index in [4.69, 9.17) is 20.6 Å². The van der Waals surface area contributed by atoms with Gasteiger partial charge in [0.1, 0.15) is 12.1 Å². The molecule has 3 N–H and O–H groups in total. The van der Waals surface area contributed by atoms with E-state index in [2.05, 4.69) is 19.9 Å². The molecule has 27 heavy (non-hydrogen) atoms. The molecule has 2 aromatic heterocycles. The third-order valence-electron chi connectivity index (χ3n) is 4.19. The van der Waals surface area contributed by atoms with Gasteiger partial charge in [0.15, 0.2) is 0 Å². The van der Waals surface area contributed by atoms with E-state index in [-0.39, 0.29) is 24.0 Å². The highest BCUT2D eigenvalue weighted by molar-refractivity contribution is 6.13. The second-order valence-electron chi connectivity index (χ2n) is 7.08. The second-order valence-corrected chi connectivity index (χ2v) is 7.08. The van der Waals surface area contributed by atoms with Gasteiger partial charge >= 0.3 is 0 Å². The zero-order chi connectivity index (χ0) is 19.6. The first-order chi connectivity index (χ1) is 12.8. The van der Waals surface area contributed by atoms with Gasteiger partial charge in [0.05, 0.1) is 41.6 Å². The van der Waals surface area contributed by atoms with Crippen molar-refractivity contribution in [3.63, 3.8) is 0 Å². The summed E-state index contributed by atoms with van der Waals surface area (Å²) in [5, 5.41) is 8.58. The highest BCUT2D eigenvalue weighted by atomic mass is 16.5. The predicted octanol–water partition coefficient (Wildman–Crippen LogP) is 2.27. The van der Waals surface area contributed by atoms with Gasteiger partial charge < -0.3 is 20.1 Å². The molecule has 1 aliphatic rings. The van der Waals surface area contributed by atoms with Gasteiger partial charge in [0.25, 0.3) is 0 Å². The van der Waals surface area contributed by atoms with E-state index in [1.165, 1.54) is 12.5 Å². The second kappa shape index (κ2) is 7.87. The molecule has 1 fully saturated rings. The average molecular weight is 370 g/mol. The molecular formula is C19H26N6O2. The molecule has 1 aliphatic heterocycles. The molecule has 3 rings (SSSR count). The zero-order valence-electron chi connectivity index (χ0n) is 16.1. The van der Waals surface area contributed by atoms with Gasteiger partial charge in [0.2, 0.25) is 5.88 Å². The molecule has 8 heteroatoms. The topological polar surface area (TPSA) is 110 Å². The molecule has 3 heterocycles. The van der Waals surface area contributed by atoms with E-state index >= 15 is 0 Å². The van der Waals surface area contributed by atoms with Crippen LogP contribution in [0.5, 0.6) is 5.88 Å². The van der Waals surface area contributed by atoms with Crippen LogP contribution in [0.1, 0.15) is 39.0 Å². The van der Waals surface area contributed by atoms with Crippen LogP contribution in [0.2, 0.25) is 0 Å². The van der Waals surface area contributed by atoms with E-state index in [0.29, 0.717) is 22.8 Å². The Balaban J connectivity index is 1.88. The first-order valence-corrected chi connectivity index (χ1v) is 9.07. The first-order valence-electron chi connectivity index (χ1n) is 9.07. The Hall–Kier alpha value is -2.74. The monoisotopic (exact) mass is 370 g/mol. The van der Waals surface area contributed by atoms with E-state index in [0.717, 1.165) is 18.9 Å². The lowest BCUT2D eigenvalue weighted by molar-refractivity contribution is -0.00546. The molecule has 0 radical (unpaired) electrons. The van der Waals surface area contributed by atoms with Crippen molar-refractivity contribution in [1.29, 1.82) is 5.41 Å². The summed E-state index contributed by atoms with van der Waals surface area (Å²) in [5.74, 6) is 1.21. The smallest absolute Gasteiger partial charge is 0.214 e. The number of hydrogen-bond acceptors (Lipinski definition) is 8. The van der Waals surface area contributed by atoms with Crippen LogP contribution >= 0.6 is 0 Å². The Kier molecular flexibility index (Phi) is 5.55. The molecule has 0 amide bonds. The van der Waals surface area contributed by atoms with E-state index in [1.54, 1.807) is 6.07 Å². The van der Waals surface area contributed by atoms with Crippen molar-refractivity contribution in [1.82, 2.24) is 15.0 Å². The van der Waals surface area contributed by atoms with Crippen molar-refractivity contribution in [2.24, 2.45) is 0 Å². The lowest BCUT2D eigenvalue weighted by atomic mass is 10.1. The average Bonchev–Trinajstić information content (AvgIpc) is 2.61. The maximum Gasteiger partial charge on any atom is 0.214 e. The highest BCUT2D eigenvalue weighted by Gasteiger charge is 2.24. The summed E-state index contributed by atoms with van der Waals surface area (Å²) in [6, 6.07) is 3.49. The minimum atomic E-state index is -0.0147. The third kappa shape index (κ3) is 4.51. The number of morpholine rings is 1. The summed E-state index contributed by atoms with van der Waals surface area (Å²) in [5.41, 5.74) is 7.70. The number of rotatable bonds is 5. The molecule has 0 aromatic carbocycles. The lowest BCUT2D eigenvalue weighted by Crippen LogP contribution is -2.45.